The van der Waals surface area contributed by atoms with Crippen molar-refractivity contribution in [2.45, 2.75) is 33.1 Å². The predicted molar refractivity (Wildman–Crippen MR) is 65.0 cm³/mol. The Bertz CT molecular complexity index is 458. The molecule has 0 spiro atoms. The Morgan fingerprint density at radius 2 is 2.11 bits per heavy atom. The summed E-state index contributed by atoms with van der Waals surface area (Å²) in [5, 5.41) is 0. The van der Waals surface area contributed by atoms with Crippen LogP contribution in [0, 0.1) is 0 Å². The van der Waals surface area contributed by atoms with Crippen molar-refractivity contribution in [3.8, 4) is 0 Å². The van der Waals surface area contributed by atoms with E-state index < -0.39 is 11.9 Å². The second-order valence-corrected chi connectivity index (χ2v) is 4.10. The Morgan fingerprint density at radius 3 is 2.61 bits per heavy atom. The van der Waals surface area contributed by atoms with Crippen molar-refractivity contribution < 1.29 is 14.3 Å². The molecule has 0 fully saturated rings. The standard InChI is InChI=1S/C12H17N3O3/c1-4-18-12(17)8-6-14-10(5-9(13)16)15-11(8)7(2)3/h6-7H,4-5H2,1-3H3,(H2,13,16). The Morgan fingerprint density at radius 1 is 1.44 bits per heavy atom. The quantitative estimate of drug-likeness (QED) is 0.781. The van der Waals surface area contributed by atoms with Crippen molar-refractivity contribution in [3.05, 3.63) is 23.3 Å². The minimum absolute atomic E-state index is 0.0269. The second kappa shape index (κ2) is 6.09. The lowest BCUT2D eigenvalue weighted by Crippen LogP contribution is -2.18. The van der Waals surface area contributed by atoms with E-state index in [1.807, 2.05) is 13.8 Å². The van der Waals surface area contributed by atoms with Crippen molar-refractivity contribution >= 4 is 11.9 Å². The number of hydrogen-bond donors (Lipinski definition) is 1. The molecule has 18 heavy (non-hydrogen) atoms. The van der Waals surface area contributed by atoms with Crippen LogP contribution in [0.2, 0.25) is 0 Å². The third-order valence-corrected chi connectivity index (χ3v) is 2.24. The molecule has 1 aromatic heterocycles. The zero-order valence-electron chi connectivity index (χ0n) is 10.8. The van der Waals surface area contributed by atoms with Crippen LogP contribution in [0.15, 0.2) is 6.20 Å². The maximum Gasteiger partial charge on any atom is 0.341 e. The fourth-order valence-electron chi connectivity index (χ4n) is 1.48. The number of carbonyl (C=O) groups is 2. The monoisotopic (exact) mass is 251 g/mol. The fourth-order valence-corrected chi connectivity index (χ4v) is 1.48. The van der Waals surface area contributed by atoms with Crippen LogP contribution in [0.1, 0.15) is 48.6 Å². The fraction of sp³-hybridized carbons (Fsp3) is 0.500. The minimum Gasteiger partial charge on any atom is -0.462 e. The number of carbonyl (C=O) groups excluding carboxylic acids is 2. The Kier molecular flexibility index (Phi) is 4.76. The van der Waals surface area contributed by atoms with E-state index in [1.54, 1.807) is 6.92 Å². The number of primary amides is 1. The van der Waals surface area contributed by atoms with Gasteiger partial charge in [-0.2, -0.15) is 0 Å². The highest BCUT2D eigenvalue weighted by molar-refractivity contribution is 5.90. The molecule has 98 valence electrons. The zero-order valence-corrected chi connectivity index (χ0v) is 10.8. The van der Waals surface area contributed by atoms with Crippen molar-refractivity contribution in [2.75, 3.05) is 6.61 Å². The van der Waals surface area contributed by atoms with E-state index in [0.717, 1.165) is 0 Å². The Hall–Kier alpha value is -1.98. The van der Waals surface area contributed by atoms with Gasteiger partial charge in [0.1, 0.15) is 5.82 Å². The van der Waals surface area contributed by atoms with E-state index in [1.165, 1.54) is 6.20 Å². The number of aromatic nitrogens is 2. The van der Waals surface area contributed by atoms with Gasteiger partial charge in [0.2, 0.25) is 5.91 Å². The number of esters is 1. The molecule has 0 aliphatic rings. The van der Waals surface area contributed by atoms with Crippen molar-refractivity contribution in [2.24, 2.45) is 5.73 Å². The molecule has 1 amide bonds. The summed E-state index contributed by atoms with van der Waals surface area (Å²) in [7, 11) is 0. The SMILES string of the molecule is CCOC(=O)c1cnc(CC(N)=O)nc1C(C)C. The molecule has 6 heteroatoms. The maximum atomic E-state index is 11.7. The maximum absolute atomic E-state index is 11.7. The van der Waals surface area contributed by atoms with Crippen molar-refractivity contribution in [1.82, 2.24) is 9.97 Å². The van der Waals surface area contributed by atoms with Gasteiger partial charge in [0, 0.05) is 6.20 Å². The molecule has 1 heterocycles. The van der Waals surface area contributed by atoms with Gasteiger partial charge in [-0.3, -0.25) is 4.79 Å². The summed E-state index contributed by atoms with van der Waals surface area (Å²) in [6, 6.07) is 0. The first-order chi connectivity index (χ1) is 8.45. The summed E-state index contributed by atoms with van der Waals surface area (Å²) < 4.78 is 4.93. The molecular weight excluding hydrogens is 234 g/mol. The third-order valence-electron chi connectivity index (χ3n) is 2.24. The molecule has 2 N–H and O–H groups in total. The molecule has 1 rings (SSSR count). The first kappa shape index (κ1) is 14.1. The molecule has 0 aliphatic carbocycles. The summed E-state index contributed by atoms with van der Waals surface area (Å²) in [6.45, 7) is 5.83. The minimum atomic E-state index is -0.506. The summed E-state index contributed by atoms with van der Waals surface area (Å²) in [5.41, 5.74) is 5.99. The molecule has 6 nitrogen and oxygen atoms in total. The molecule has 0 aromatic carbocycles. The van der Waals surface area contributed by atoms with Crippen LogP contribution in [-0.2, 0) is 16.0 Å². The van der Waals surface area contributed by atoms with E-state index in [4.69, 9.17) is 10.5 Å². The van der Waals surface area contributed by atoms with E-state index >= 15 is 0 Å². The molecule has 0 radical (unpaired) electrons. The largest absolute Gasteiger partial charge is 0.462 e. The molecule has 0 saturated heterocycles. The molecule has 0 aliphatic heterocycles. The lowest BCUT2D eigenvalue weighted by molar-refractivity contribution is -0.117. The van der Waals surface area contributed by atoms with Gasteiger partial charge in [-0.1, -0.05) is 13.8 Å². The van der Waals surface area contributed by atoms with Gasteiger partial charge in [0.05, 0.1) is 24.3 Å². The molecule has 0 unspecified atom stereocenters. The summed E-state index contributed by atoms with van der Waals surface area (Å²) in [5.74, 6) is -0.612. The zero-order chi connectivity index (χ0) is 13.7. The van der Waals surface area contributed by atoms with E-state index in [2.05, 4.69) is 9.97 Å². The normalized spacial score (nSPS) is 10.4. The van der Waals surface area contributed by atoms with Crippen LogP contribution >= 0.6 is 0 Å². The van der Waals surface area contributed by atoms with E-state index in [-0.39, 0.29) is 12.3 Å². The summed E-state index contributed by atoms with van der Waals surface area (Å²) in [4.78, 5) is 30.7. The highest BCUT2D eigenvalue weighted by Gasteiger charge is 2.18. The number of rotatable bonds is 5. The van der Waals surface area contributed by atoms with Crippen LogP contribution in [0.4, 0.5) is 0 Å². The van der Waals surface area contributed by atoms with Crippen LogP contribution in [0.5, 0.6) is 0 Å². The van der Waals surface area contributed by atoms with Crippen molar-refractivity contribution in [3.63, 3.8) is 0 Å². The van der Waals surface area contributed by atoms with Crippen molar-refractivity contribution in [1.29, 1.82) is 0 Å². The smallest absolute Gasteiger partial charge is 0.341 e. The van der Waals surface area contributed by atoms with E-state index in [9.17, 15) is 9.59 Å². The predicted octanol–water partition coefficient (Wildman–Crippen LogP) is 0.804. The number of nitrogens with zero attached hydrogens (tertiary/aromatic N) is 2. The Balaban J connectivity index is 3.12. The number of nitrogens with two attached hydrogens (primary N) is 1. The highest BCUT2D eigenvalue weighted by Crippen LogP contribution is 2.17. The van der Waals surface area contributed by atoms with Crippen LogP contribution in [0.3, 0.4) is 0 Å². The third kappa shape index (κ3) is 3.51. The average Bonchev–Trinajstić information content (AvgIpc) is 2.28. The van der Waals surface area contributed by atoms with E-state index in [0.29, 0.717) is 23.7 Å². The van der Waals surface area contributed by atoms with Gasteiger partial charge in [-0.05, 0) is 12.8 Å². The van der Waals surface area contributed by atoms with Crippen LogP contribution in [0.25, 0.3) is 0 Å². The van der Waals surface area contributed by atoms with Gasteiger partial charge >= 0.3 is 5.97 Å². The molecule has 0 bridgehead atoms. The summed E-state index contributed by atoms with van der Waals surface area (Å²) in [6.07, 6.45) is 1.35. The second-order valence-electron chi connectivity index (χ2n) is 4.10. The van der Waals surface area contributed by atoms with Gasteiger partial charge in [-0.15, -0.1) is 0 Å². The van der Waals surface area contributed by atoms with Crippen LogP contribution in [-0.4, -0.2) is 28.5 Å². The lowest BCUT2D eigenvalue weighted by atomic mass is 10.1. The highest BCUT2D eigenvalue weighted by atomic mass is 16.5. The number of ether oxygens (including phenoxy) is 1. The number of hydrogen-bond acceptors (Lipinski definition) is 5. The first-order valence-electron chi connectivity index (χ1n) is 5.77. The van der Waals surface area contributed by atoms with Gasteiger partial charge in [0.25, 0.3) is 0 Å². The van der Waals surface area contributed by atoms with Gasteiger partial charge in [-0.25, -0.2) is 14.8 Å². The van der Waals surface area contributed by atoms with Gasteiger partial charge < -0.3 is 10.5 Å². The first-order valence-corrected chi connectivity index (χ1v) is 5.77. The Labute approximate surface area is 106 Å². The summed E-state index contributed by atoms with van der Waals surface area (Å²) >= 11 is 0. The molecule has 1 aromatic rings. The number of amides is 1. The topological polar surface area (TPSA) is 95.2 Å². The lowest BCUT2D eigenvalue weighted by Gasteiger charge is -2.11. The van der Waals surface area contributed by atoms with Gasteiger partial charge in [0.15, 0.2) is 0 Å². The van der Waals surface area contributed by atoms with Crippen LogP contribution < -0.4 is 5.73 Å². The molecule has 0 saturated carbocycles. The molecular formula is C12H17N3O3. The molecule has 0 atom stereocenters. The average molecular weight is 251 g/mol.